The second-order valence-electron chi connectivity index (χ2n) is 5.01. The lowest BCUT2D eigenvalue weighted by Crippen LogP contribution is -2.21. The minimum absolute atomic E-state index is 0.0578. The first-order chi connectivity index (χ1) is 10.5. The Labute approximate surface area is 127 Å². The molecule has 116 valence electrons. The molecule has 0 aliphatic carbocycles. The maximum Gasteiger partial charge on any atom is 0.345 e. The second-order valence-corrected chi connectivity index (χ2v) is 5.01. The maximum absolute atomic E-state index is 12.3. The van der Waals surface area contributed by atoms with E-state index in [9.17, 15) is 9.90 Å². The Balaban J connectivity index is 2.57. The molecule has 2 aromatic carbocycles. The smallest absolute Gasteiger partial charge is 0.345 e. The van der Waals surface area contributed by atoms with E-state index in [4.69, 9.17) is 18.9 Å². The summed E-state index contributed by atoms with van der Waals surface area (Å²) in [6.07, 6.45) is -0.972. The molecular weight excluding hydrogens is 288 g/mol. The van der Waals surface area contributed by atoms with Gasteiger partial charge in [-0.05, 0) is 18.6 Å². The summed E-state index contributed by atoms with van der Waals surface area (Å²) in [4.78, 5) is 12.3. The van der Waals surface area contributed by atoms with Crippen LogP contribution in [-0.2, 0) is 9.47 Å². The highest BCUT2D eigenvalue weighted by molar-refractivity contribution is 6.13. The Morgan fingerprint density at radius 1 is 1.09 bits per heavy atom. The van der Waals surface area contributed by atoms with E-state index >= 15 is 0 Å². The summed E-state index contributed by atoms with van der Waals surface area (Å²) >= 11 is 0. The first kappa shape index (κ1) is 14.5. The molecule has 2 aromatic rings. The number of esters is 1. The molecular formula is C16H16O6. The van der Waals surface area contributed by atoms with E-state index in [-0.39, 0.29) is 11.3 Å². The molecule has 1 aliphatic rings. The van der Waals surface area contributed by atoms with E-state index < -0.39 is 12.3 Å². The summed E-state index contributed by atoms with van der Waals surface area (Å²) in [7, 11) is 4.40. The van der Waals surface area contributed by atoms with Crippen molar-refractivity contribution in [2.45, 2.75) is 13.2 Å². The molecule has 1 atom stereocenters. The van der Waals surface area contributed by atoms with Crippen LogP contribution >= 0.6 is 0 Å². The Kier molecular flexibility index (Phi) is 3.33. The van der Waals surface area contributed by atoms with Crippen molar-refractivity contribution < 1.29 is 28.8 Å². The molecule has 22 heavy (non-hydrogen) atoms. The molecule has 3 rings (SSSR count). The van der Waals surface area contributed by atoms with Gasteiger partial charge >= 0.3 is 5.97 Å². The number of aryl methyl sites for hydroxylation is 1. The van der Waals surface area contributed by atoms with Gasteiger partial charge in [0.25, 0.3) is 0 Å². The molecule has 6 nitrogen and oxygen atoms in total. The monoisotopic (exact) mass is 304 g/mol. The van der Waals surface area contributed by atoms with Gasteiger partial charge in [0.05, 0.1) is 19.8 Å². The Morgan fingerprint density at radius 2 is 1.77 bits per heavy atom. The first-order valence-electron chi connectivity index (χ1n) is 6.68. The average molecular weight is 304 g/mol. The predicted octanol–water partition coefficient (Wildman–Crippen LogP) is 2.69. The van der Waals surface area contributed by atoms with Crippen LogP contribution in [0.15, 0.2) is 12.1 Å². The van der Waals surface area contributed by atoms with Crippen LogP contribution in [0.1, 0.15) is 27.8 Å². The van der Waals surface area contributed by atoms with Crippen LogP contribution in [0.2, 0.25) is 0 Å². The lowest BCUT2D eigenvalue weighted by Gasteiger charge is -2.27. The van der Waals surface area contributed by atoms with Crippen LogP contribution in [0.4, 0.5) is 0 Å². The fraction of sp³-hybridized carbons (Fsp3) is 0.312. The van der Waals surface area contributed by atoms with Gasteiger partial charge in [-0.2, -0.15) is 0 Å². The fourth-order valence-electron chi connectivity index (χ4n) is 2.92. The van der Waals surface area contributed by atoms with Gasteiger partial charge in [-0.3, -0.25) is 0 Å². The predicted molar refractivity (Wildman–Crippen MR) is 78.6 cm³/mol. The van der Waals surface area contributed by atoms with Crippen LogP contribution in [0.25, 0.3) is 10.8 Å². The van der Waals surface area contributed by atoms with Crippen LogP contribution in [-0.4, -0.2) is 32.4 Å². The summed E-state index contributed by atoms with van der Waals surface area (Å²) in [6, 6.07) is 3.24. The second kappa shape index (κ2) is 5.06. The van der Waals surface area contributed by atoms with Crippen molar-refractivity contribution >= 4 is 16.7 Å². The molecule has 0 unspecified atom stereocenters. The van der Waals surface area contributed by atoms with Gasteiger partial charge in [-0.15, -0.1) is 0 Å². The van der Waals surface area contributed by atoms with Crippen LogP contribution < -0.4 is 9.47 Å². The third-order valence-electron chi connectivity index (χ3n) is 3.86. The number of phenolic OH excluding ortho intramolecular Hbond substituents is 1. The number of phenols is 1. The maximum atomic E-state index is 12.3. The summed E-state index contributed by atoms with van der Waals surface area (Å²) in [5, 5.41) is 11.6. The summed E-state index contributed by atoms with van der Waals surface area (Å²) < 4.78 is 21.1. The van der Waals surface area contributed by atoms with Gasteiger partial charge in [0.1, 0.15) is 22.8 Å². The number of carbonyl (C=O) groups is 1. The Bertz CT molecular complexity index is 780. The number of hydrogen-bond acceptors (Lipinski definition) is 6. The molecule has 0 aromatic heterocycles. The zero-order valence-electron chi connectivity index (χ0n) is 12.7. The number of rotatable bonds is 3. The molecule has 1 aliphatic heterocycles. The SMILES string of the molecule is COc1cc(C)c2c(OC)cc(O)c3c2c1C(=O)O[C@@H]3OC. The van der Waals surface area contributed by atoms with Gasteiger partial charge in [0.2, 0.25) is 6.29 Å². The molecule has 0 bridgehead atoms. The molecule has 0 saturated carbocycles. The number of cyclic esters (lactones) is 1. The highest BCUT2D eigenvalue weighted by Crippen LogP contribution is 2.48. The van der Waals surface area contributed by atoms with E-state index in [1.807, 2.05) is 6.92 Å². The molecule has 0 amide bonds. The van der Waals surface area contributed by atoms with E-state index in [0.717, 1.165) is 10.9 Å². The number of ether oxygens (including phenoxy) is 4. The van der Waals surface area contributed by atoms with Crippen LogP contribution in [0, 0.1) is 6.92 Å². The van der Waals surface area contributed by atoms with Crippen LogP contribution in [0.3, 0.4) is 0 Å². The minimum Gasteiger partial charge on any atom is -0.507 e. The number of carbonyl (C=O) groups excluding carboxylic acids is 1. The van der Waals surface area contributed by atoms with Gasteiger partial charge in [0.15, 0.2) is 0 Å². The first-order valence-corrected chi connectivity index (χ1v) is 6.68. The van der Waals surface area contributed by atoms with Gasteiger partial charge < -0.3 is 24.1 Å². The third-order valence-corrected chi connectivity index (χ3v) is 3.86. The highest BCUT2D eigenvalue weighted by Gasteiger charge is 2.35. The standard InChI is InChI=1S/C16H16O6/c1-7-5-9(19-2)13-14-11(7)10(20-3)6-8(17)12(14)16(21-4)22-15(13)18/h5-6,16-17H,1-4H3/t16-/m0/s1. The molecule has 0 saturated heterocycles. The molecule has 1 heterocycles. The fourth-order valence-corrected chi connectivity index (χ4v) is 2.92. The minimum atomic E-state index is -0.972. The lowest BCUT2D eigenvalue weighted by molar-refractivity contribution is -0.0949. The largest absolute Gasteiger partial charge is 0.507 e. The summed E-state index contributed by atoms with van der Waals surface area (Å²) in [6.45, 7) is 1.88. The van der Waals surface area contributed by atoms with Gasteiger partial charge in [0, 0.05) is 23.9 Å². The van der Waals surface area contributed by atoms with E-state index in [0.29, 0.717) is 22.4 Å². The molecule has 0 radical (unpaired) electrons. The molecule has 1 N–H and O–H groups in total. The molecule has 0 spiro atoms. The van der Waals surface area contributed by atoms with Crippen LogP contribution in [0.5, 0.6) is 17.2 Å². The topological polar surface area (TPSA) is 74.2 Å². The van der Waals surface area contributed by atoms with E-state index in [2.05, 4.69) is 0 Å². The van der Waals surface area contributed by atoms with E-state index in [1.165, 1.54) is 27.4 Å². The highest BCUT2D eigenvalue weighted by atomic mass is 16.7. The number of methoxy groups -OCH3 is 3. The quantitative estimate of drug-likeness (QED) is 0.879. The summed E-state index contributed by atoms with van der Waals surface area (Å²) in [5.74, 6) is 0.243. The zero-order chi connectivity index (χ0) is 16.0. The summed E-state index contributed by atoms with van der Waals surface area (Å²) in [5.41, 5.74) is 1.52. The third kappa shape index (κ3) is 1.80. The van der Waals surface area contributed by atoms with Crippen molar-refractivity contribution in [3.63, 3.8) is 0 Å². The normalized spacial score (nSPS) is 16.5. The lowest BCUT2D eigenvalue weighted by atomic mass is 9.91. The van der Waals surface area contributed by atoms with Crippen molar-refractivity contribution in [3.8, 4) is 17.2 Å². The zero-order valence-corrected chi connectivity index (χ0v) is 12.7. The Morgan fingerprint density at radius 3 is 2.36 bits per heavy atom. The Hall–Kier alpha value is -2.47. The van der Waals surface area contributed by atoms with Crippen molar-refractivity contribution in [1.82, 2.24) is 0 Å². The molecule has 6 heteroatoms. The van der Waals surface area contributed by atoms with Crippen molar-refractivity contribution in [2.24, 2.45) is 0 Å². The number of aromatic hydroxyl groups is 1. The van der Waals surface area contributed by atoms with Crippen molar-refractivity contribution in [1.29, 1.82) is 0 Å². The van der Waals surface area contributed by atoms with Crippen molar-refractivity contribution in [2.75, 3.05) is 21.3 Å². The van der Waals surface area contributed by atoms with E-state index in [1.54, 1.807) is 6.07 Å². The number of hydrogen-bond donors (Lipinski definition) is 1. The van der Waals surface area contributed by atoms with Gasteiger partial charge in [-0.25, -0.2) is 4.79 Å². The van der Waals surface area contributed by atoms with Crippen molar-refractivity contribution in [3.05, 3.63) is 28.8 Å². The molecule has 0 fully saturated rings. The number of benzene rings is 2. The van der Waals surface area contributed by atoms with Gasteiger partial charge in [-0.1, -0.05) is 0 Å². The average Bonchev–Trinajstić information content (AvgIpc) is 2.51.